The Morgan fingerprint density at radius 3 is 2.25 bits per heavy atom. The standard InChI is InChI=1S/C21H22N4O5S2/c1-3-19(27)22-16-9-5-14(6-10-16)18(26)13-31-21-24-23-20(30-21)15-7-11-17(12-8-15)25-32(28,29)4-2/h5-12,25H,3-4,13H2,1-2H3,(H,22,27). The molecule has 0 saturated carbocycles. The van der Waals surface area contributed by atoms with Gasteiger partial charge >= 0.3 is 0 Å². The third kappa shape index (κ3) is 6.41. The van der Waals surface area contributed by atoms with Crippen molar-refractivity contribution in [3.05, 3.63) is 54.1 Å². The van der Waals surface area contributed by atoms with Crippen molar-refractivity contribution < 1.29 is 22.4 Å². The smallest absolute Gasteiger partial charge is 0.277 e. The fourth-order valence-corrected chi connectivity index (χ4v) is 3.81. The van der Waals surface area contributed by atoms with E-state index in [0.29, 0.717) is 28.9 Å². The summed E-state index contributed by atoms with van der Waals surface area (Å²) >= 11 is 1.12. The second kappa shape index (κ2) is 10.4. The van der Waals surface area contributed by atoms with Crippen molar-refractivity contribution in [3.8, 4) is 11.5 Å². The van der Waals surface area contributed by atoms with Gasteiger partial charge in [-0.3, -0.25) is 14.3 Å². The van der Waals surface area contributed by atoms with Crippen LogP contribution in [0.15, 0.2) is 58.2 Å². The average Bonchev–Trinajstić information content (AvgIpc) is 3.27. The molecule has 0 aliphatic carbocycles. The number of aromatic nitrogens is 2. The lowest BCUT2D eigenvalue weighted by molar-refractivity contribution is -0.115. The summed E-state index contributed by atoms with van der Waals surface area (Å²) < 4.78 is 31.3. The molecule has 0 aliphatic rings. The number of anilines is 2. The number of nitrogens with zero attached hydrogens (tertiary/aromatic N) is 2. The Balaban J connectivity index is 1.57. The molecule has 0 atom stereocenters. The first-order chi connectivity index (χ1) is 15.3. The quantitative estimate of drug-likeness (QED) is 0.335. The minimum atomic E-state index is -3.35. The van der Waals surface area contributed by atoms with E-state index in [0.717, 1.165) is 11.8 Å². The molecule has 2 N–H and O–H groups in total. The molecule has 1 aromatic heterocycles. The molecule has 11 heteroatoms. The Kier molecular flexibility index (Phi) is 7.65. The Bertz CT molecular complexity index is 1190. The molecule has 1 heterocycles. The number of ketones is 1. The van der Waals surface area contributed by atoms with E-state index in [-0.39, 0.29) is 34.3 Å². The van der Waals surface area contributed by atoms with Gasteiger partial charge in [-0.2, -0.15) is 0 Å². The first-order valence-electron chi connectivity index (χ1n) is 9.80. The molecule has 168 valence electrons. The van der Waals surface area contributed by atoms with Gasteiger partial charge in [-0.15, -0.1) is 10.2 Å². The van der Waals surface area contributed by atoms with Gasteiger partial charge in [0.1, 0.15) is 0 Å². The third-order valence-electron chi connectivity index (χ3n) is 4.33. The van der Waals surface area contributed by atoms with Gasteiger partial charge in [0, 0.05) is 28.9 Å². The fraction of sp³-hybridized carbons (Fsp3) is 0.238. The van der Waals surface area contributed by atoms with E-state index in [2.05, 4.69) is 20.2 Å². The van der Waals surface area contributed by atoms with Crippen molar-refractivity contribution in [1.29, 1.82) is 0 Å². The zero-order chi connectivity index (χ0) is 23.1. The summed E-state index contributed by atoms with van der Waals surface area (Å²) in [6.45, 7) is 3.32. The van der Waals surface area contributed by atoms with Crippen LogP contribution in [-0.4, -0.2) is 41.8 Å². The van der Waals surface area contributed by atoms with Crippen molar-refractivity contribution >= 4 is 44.9 Å². The van der Waals surface area contributed by atoms with E-state index in [1.807, 2.05) is 0 Å². The summed E-state index contributed by atoms with van der Waals surface area (Å²) in [4.78, 5) is 23.8. The molecule has 1 amide bonds. The average molecular weight is 475 g/mol. The van der Waals surface area contributed by atoms with Gasteiger partial charge in [0.15, 0.2) is 5.78 Å². The molecular formula is C21H22N4O5S2. The summed E-state index contributed by atoms with van der Waals surface area (Å²) in [7, 11) is -3.35. The van der Waals surface area contributed by atoms with Crippen LogP contribution in [0.4, 0.5) is 11.4 Å². The Morgan fingerprint density at radius 1 is 0.969 bits per heavy atom. The van der Waals surface area contributed by atoms with Crippen molar-refractivity contribution in [3.63, 3.8) is 0 Å². The van der Waals surface area contributed by atoms with Gasteiger partial charge in [-0.25, -0.2) is 8.42 Å². The van der Waals surface area contributed by atoms with E-state index < -0.39 is 10.0 Å². The van der Waals surface area contributed by atoms with Crippen LogP contribution in [0, 0.1) is 0 Å². The van der Waals surface area contributed by atoms with Crippen LogP contribution in [0.5, 0.6) is 0 Å². The van der Waals surface area contributed by atoms with E-state index >= 15 is 0 Å². The highest BCUT2D eigenvalue weighted by molar-refractivity contribution is 7.99. The van der Waals surface area contributed by atoms with Gasteiger partial charge < -0.3 is 9.73 Å². The Hall–Kier alpha value is -3.18. The second-order valence-electron chi connectivity index (χ2n) is 6.65. The van der Waals surface area contributed by atoms with Crippen LogP contribution < -0.4 is 10.0 Å². The molecule has 3 aromatic rings. The van der Waals surface area contributed by atoms with Gasteiger partial charge in [-0.1, -0.05) is 18.7 Å². The van der Waals surface area contributed by atoms with Gasteiger partial charge in [0.25, 0.3) is 5.22 Å². The second-order valence-corrected chi connectivity index (χ2v) is 9.58. The number of sulfonamides is 1. The number of nitrogens with one attached hydrogen (secondary N) is 2. The molecule has 0 bridgehead atoms. The maximum atomic E-state index is 12.4. The predicted octanol–water partition coefficient (Wildman–Crippen LogP) is 3.82. The first kappa shape index (κ1) is 23.5. The maximum Gasteiger partial charge on any atom is 0.277 e. The lowest BCUT2D eigenvalue weighted by atomic mass is 10.1. The summed E-state index contributed by atoms with van der Waals surface area (Å²) in [5.41, 5.74) is 2.21. The topological polar surface area (TPSA) is 131 Å². The SMILES string of the molecule is CCC(=O)Nc1ccc(C(=O)CSc2nnc(-c3ccc(NS(=O)(=O)CC)cc3)o2)cc1. The minimum absolute atomic E-state index is 0.0166. The first-order valence-corrected chi connectivity index (χ1v) is 12.4. The molecule has 9 nitrogen and oxygen atoms in total. The summed E-state index contributed by atoms with van der Waals surface area (Å²) in [5.74, 6) is 0.150. The van der Waals surface area contributed by atoms with Gasteiger partial charge in [0.2, 0.25) is 21.8 Å². The number of carbonyl (C=O) groups excluding carboxylic acids is 2. The molecule has 0 saturated heterocycles. The van der Waals surface area contributed by atoms with Crippen molar-refractivity contribution in [2.45, 2.75) is 25.5 Å². The fourth-order valence-electron chi connectivity index (χ4n) is 2.52. The zero-order valence-corrected chi connectivity index (χ0v) is 19.1. The van der Waals surface area contributed by atoms with Crippen molar-refractivity contribution in [2.75, 3.05) is 21.5 Å². The third-order valence-corrected chi connectivity index (χ3v) is 6.46. The lowest BCUT2D eigenvalue weighted by Gasteiger charge is -2.05. The molecule has 32 heavy (non-hydrogen) atoms. The Labute approximate surface area is 190 Å². The molecule has 0 unspecified atom stereocenters. The van der Waals surface area contributed by atoms with Crippen LogP contribution in [0.1, 0.15) is 30.6 Å². The van der Waals surface area contributed by atoms with Crippen molar-refractivity contribution in [2.24, 2.45) is 0 Å². The number of hydrogen-bond donors (Lipinski definition) is 2. The van der Waals surface area contributed by atoms with Crippen LogP contribution in [0.2, 0.25) is 0 Å². The van der Waals surface area contributed by atoms with Crippen LogP contribution >= 0.6 is 11.8 Å². The molecule has 3 rings (SSSR count). The van der Waals surface area contributed by atoms with Gasteiger partial charge in [0.05, 0.1) is 11.5 Å². The molecule has 0 radical (unpaired) electrons. The van der Waals surface area contributed by atoms with Crippen LogP contribution in [0.3, 0.4) is 0 Å². The number of thioether (sulfide) groups is 1. The van der Waals surface area contributed by atoms with E-state index in [4.69, 9.17) is 4.42 Å². The predicted molar refractivity (Wildman–Crippen MR) is 123 cm³/mol. The number of benzene rings is 2. The number of hydrogen-bond acceptors (Lipinski definition) is 8. The summed E-state index contributed by atoms with van der Waals surface area (Å²) in [5, 5.41) is 10.9. The van der Waals surface area contributed by atoms with E-state index in [9.17, 15) is 18.0 Å². The molecule has 2 aromatic carbocycles. The Morgan fingerprint density at radius 2 is 1.62 bits per heavy atom. The number of amides is 1. The minimum Gasteiger partial charge on any atom is -0.411 e. The number of carbonyl (C=O) groups is 2. The highest BCUT2D eigenvalue weighted by atomic mass is 32.2. The lowest BCUT2D eigenvalue weighted by Crippen LogP contribution is -2.14. The van der Waals surface area contributed by atoms with Crippen molar-refractivity contribution in [1.82, 2.24) is 10.2 Å². The van der Waals surface area contributed by atoms with Crippen LogP contribution in [-0.2, 0) is 14.8 Å². The monoisotopic (exact) mass is 474 g/mol. The molecule has 0 aliphatic heterocycles. The van der Waals surface area contributed by atoms with E-state index in [1.165, 1.54) is 0 Å². The highest BCUT2D eigenvalue weighted by Gasteiger charge is 2.13. The summed E-state index contributed by atoms with van der Waals surface area (Å²) in [6.07, 6.45) is 0.380. The van der Waals surface area contributed by atoms with Crippen LogP contribution in [0.25, 0.3) is 11.5 Å². The normalized spacial score (nSPS) is 11.2. The zero-order valence-electron chi connectivity index (χ0n) is 17.5. The van der Waals surface area contributed by atoms with Gasteiger partial charge in [-0.05, 0) is 55.5 Å². The number of rotatable bonds is 10. The number of Topliss-reactive ketones (excluding diaryl/α,β-unsaturated/α-hetero) is 1. The largest absolute Gasteiger partial charge is 0.411 e. The molecular weight excluding hydrogens is 452 g/mol. The maximum absolute atomic E-state index is 12.4. The molecule has 0 fully saturated rings. The highest BCUT2D eigenvalue weighted by Crippen LogP contribution is 2.25. The molecule has 0 spiro atoms. The van der Waals surface area contributed by atoms with E-state index in [1.54, 1.807) is 62.4 Å². The summed E-state index contributed by atoms with van der Waals surface area (Å²) in [6, 6.07) is 13.2.